The number of benzene rings is 2. The van der Waals surface area contributed by atoms with Gasteiger partial charge in [-0.2, -0.15) is 0 Å². The first-order valence-electron chi connectivity index (χ1n) is 11.1. The Hall–Kier alpha value is -2.21. The summed E-state index contributed by atoms with van der Waals surface area (Å²) in [5.41, 5.74) is 4.35. The van der Waals surface area contributed by atoms with Crippen LogP contribution in [0.25, 0.3) is 11.1 Å². The number of carbonyl (C=O) groups excluding carboxylic acids is 1. The van der Waals surface area contributed by atoms with E-state index in [1.165, 1.54) is 5.56 Å². The number of aromatic nitrogens is 1. The van der Waals surface area contributed by atoms with E-state index in [4.69, 9.17) is 21.3 Å². The molecule has 1 aromatic heterocycles. The Morgan fingerprint density at radius 2 is 2.03 bits per heavy atom. The van der Waals surface area contributed by atoms with Crippen LogP contribution in [0, 0.1) is 5.41 Å². The molecule has 0 radical (unpaired) electrons. The Labute approximate surface area is 198 Å². The molecule has 1 aliphatic heterocycles. The molecule has 2 aliphatic rings. The topological polar surface area (TPSA) is 42.4 Å². The van der Waals surface area contributed by atoms with Crippen LogP contribution in [0.15, 0.2) is 48.5 Å². The van der Waals surface area contributed by atoms with Crippen molar-refractivity contribution in [1.82, 2.24) is 4.98 Å². The van der Waals surface area contributed by atoms with Gasteiger partial charge >= 0.3 is 0 Å². The Morgan fingerprint density at radius 3 is 2.88 bits per heavy atom. The number of morpholine rings is 1. The number of carbonyl (C=O) groups is 1. The molecule has 4 nitrogen and oxygen atoms in total. The summed E-state index contributed by atoms with van der Waals surface area (Å²) < 4.78 is 5.84. The third-order valence-corrected chi connectivity index (χ3v) is 7.79. The summed E-state index contributed by atoms with van der Waals surface area (Å²) in [7, 11) is 0. The van der Waals surface area contributed by atoms with Gasteiger partial charge in [0.05, 0.1) is 29.8 Å². The highest BCUT2D eigenvalue weighted by Crippen LogP contribution is 2.40. The fourth-order valence-electron chi connectivity index (χ4n) is 4.74. The maximum Gasteiger partial charge on any atom is 0.186 e. The van der Waals surface area contributed by atoms with Crippen LogP contribution in [0.4, 0.5) is 5.13 Å². The summed E-state index contributed by atoms with van der Waals surface area (Å²) in [6, 6.07) is 16.7. The minimum atomic E-state index is -0.0149. The van der Waals surface area contributed by atoms with Gasteiger partial charge in [0, 0.05) is 23.6 Å². The lowest BCUT2D eigenvalue weighted by molar-refractivity contribution is 0.0915. The van der Waals surface area contributed by atoms with Crippen molar-refractivity contribution >= 4 is 33.9 Å². The number of fused-ring (bicyclic) bond motifs is 1. The van der Waals surface area contributed by atoms with E-state index in [1.807, 2.05) is 18.2 Å². The molecule has 1 fully saturated rings. The minimum Gasteiger partial charge on any atom is -0.377 e. The molecule has 166 valence electrons. The molecule has 0 spiro atoms. The molecule has 0 bridgehead atoms. The van der Waals surface area contributed by atoms with Crippen molar-refractivity contribution in [3.8, 4) is 11.1 Å². The van der Waals surface area contributed by atoms with Gasteiger partial charge in [0.25, 0.3) is 0 Å². The van der Waals surface area contributed by atoms with Crippen LogP contribution in [0.1, 0.15) is 41.2 Å². The van der Waals surface area contributed by atoms with Gasteiger partial charge in [-0.25, -0.2) is 4.98 Å². The van der Waals surface area contributed by atoms with Crippen LogP contribution in [-0.2, 0) is 17.6 Å². The van der Waals surface area contributed by atoms with Gasteiger partial charge in [-0.3, -0.25) is 4.79 Å². The van der Waals surface area contributed by atoms with E-state index in [9.17, 15) is 4.79 Å². The second-order valence-corrected chi connectivity index (χ2v) is 10.9. The first-order chi connectivity index (χ1) is 15.4. The van der Waals surface area contributed by atoms with Crippen LogP contribution >= 0.6 is 22.9 Å². The highest BCUT2D eigenvalue weighted by atomic mass is 35.5. The van der Waals surface area contributed by atoms with Crippen LogP contribution in [0.2, 0.25) is 5.02 Å². The summed E-state index contributed by atoms with van der Waals surface area (Å²) in [4.78, 5) is 20.8. The molecule has 1 aliphatic carbocycles. The van der Waals surface area contributed by atoms with Gasteiger partial charge in [0.1, 0.15) is 0 Å². The number of thiazole rings is 1. The summed E-state index contributed by atoms with van der Waals surface area (Å²) in [6.45, 7) is 6.42. The number of halogens is 1. The first kappa shape index (κ1) is 21.6. The minimum absolute atomic E-state index is 0.0149. The molecular formula is C26H27ClN2O2S. The molecule has 6 heteroatoms. The highest BCUT2D eigenvalue weighted by Gasteiger charge is 2.36. The molecule has 0 saturated carbocycles. The fourth-order valence-corrected chi connectivity index (χ4v) is 6.10. The lowest BCUT2D eigenvalue weighted by Gasteiger charge is -2.35. The SMILES string of the molecule is CC1(C)CC(=O)c2sc(N3CCOC[C@@H]3Cc3cccc(-c4ccccc4Cl)c3)nc2C1. The van der Waals surface area contributed by atoms with Gasteiger partial charge in [-0.15, -0.1) is 0 Å². The molecule has 3 aromatic rings. The van der Waals surface area contributed by atoms with E-state index in [-0.39, 0.29) is 17.2 Å². The second kappa shape index (κ2) is 8.62. The van der Waals surface area contributed by atoms with Crippen LogP contribution in [0.5, 0.6) is 0 Å². The molecule has 2 aromatic carbocycles. The van der Waals surface area contributed by atoms with E-state index in [1.54, 1.807) is 11.3 Å². The molecule has 32 heavy (non-hydrogen) atoms. The molecule has 2 heterocycles. The number of Topliss-reactive ketones (excluding diaryl/α,β-unsaturated/α-hetero) is 1. The fraction of sp³-hybridized carbons (Fsp3) is 0.385. The second-order valence-electron chi connectivity index (χ2n) is 9.52. The predicted molar refractivity (Wildman–Crippen MR) is 131 cm³/mol. The number of ketones is 1. The third kappa shape index (κ3) is 4.34. The zero-order valence-electron chi connectivity index (χ0n) is 18.4. The zero-order valence-corrected chi connectivity index (χ0v) is 20.0. The van der Waals surface area contributed by atoms with E-state index in [0.717, 1.165) is 51.2 Å². The zero-order chi connectivity index (χ0) is 22.3. The van der Waals surface area contributed by atoms with Crippen molar-refractivity contribution < 1.29 is 9.53 Å². The van der Waals surface area contributed by atoms with Crippen molar-refractivity contribution in [3.63, 3.8) is 0 Å². The number of hydrogen-bond acceptors (Lipinski definition) is 5. The van der Waals surface area contributed by atoms with E-state index >= 15 is 0 Å². The molecule has 1 atom stereocenters. The number of nitrogens with zero attached hydrogens (tertiary/aromatic N) is 2. The predicted octanol–water partition coefficient (Wildman–Crippen LogP) is 6.07. The van der Waals surface area contributed by atoms with E-state index in [0.29, 0.717) is 19.6 Å². The summed E-state index contributed by atoms with van der Waals surface area (Å²) >= 11 is 7.98. The summed E-state index contributed by atoms with van der Waals surface area (Å²) in [6.07, 6.45) is 2.31. The monoisotopic (exact) mass is 466 g/mol. The van der Waals surface area contributed by atoms with Crippen molar-refractivity contribution in [3.05, 3.63) is 69.7 Å². The summed E-state index contributed by atoms with van der Waals surface area (Å²) in [5, 5.41) is 1.71. The van der Waals surface area contributed by atoms with Gasteiger partial charge in [-0.1, -0.05) is 79.2 Å². The van der Waals surface area contributed by atoms with Crippen molar-refractivity contribution in [2.45, 2.75) is 39.2 Å². The van der Waals surface area contributed by atoms with Gasteiger partial charge in [0.2, 0.25) is 0 Å². The maximum atomic E-state index is 12.7. The third-order valence-electron chi connectivity index (χ3n) is 6.28. The van der Waals surface area contributed by atoms with Crippen molar-refractivity contribution in [2.24, 2.45) is 5.41 Å². The molecule has 1 saturated heterocycles. The average molecular weight is 467 g/mol. The number of hydrogen-bond donors (Lipinski definition) is 0. The Morgan fingerprint density at radius 1 is 1.19 bits per heavy atom. The van der Waals surface area contributed by atoms with Crippen LogP contribution < -0.4 is 4.90 Å². The lowest BCUT2D eigenvalue weighted by Crippen LogP contribution is -2.46. The highest BCUT2D eigenvalue weighted by molar-refractivity contribution is 7.17. The van der Waals surface area contributed by atoms with Crippen molar-refractivity contribution in [1.29, 1.82) is 0 Å². The van der Waals surface area contributed by atoms with E-state index in [2.05, 4.69) is 49.1 Å². The van der Waals surface area contributed by atoms with Crippen LogP contribution in [0.3, 0.4) is 0 Å². The number of ether oxygens (including phenoxy) is 1. The Kier molecular flexibility index (Phi) is 5.82. The molecule has 0 unspecified atom stereocenters. The van der Waals surface area contributed by atoms with Gasteiger partial charge in [0.15, 0.2) is 10.9 Å². The van der Waals surface area contributed by atoms with E-state index < -0.39 is 0 Å². The van der Waals surface area contributed by atoms with Gasteiger partial charge < -0.3 is 9.64 Å². The lowest BCUT2D eigenvalue weighted by atomic mass is 9.78. The first-order valence-corrected chi connectivity index (χ1v) is 12.3. The normalized spacial score (nSPS) is 20.3. The largest absolute Gasteiger partial charge is 0.377 e. The maximum absolute atomic E-state index is 12.7. The average Bonchev–Trinajstić information content (AvgIpc) is 3.18. The molecular weight excluding hydrogens is 440 g/mol. The summed E-state index contributed by atoms with van der Waals surface area (Å²) in [5.74, 6) is 0.234. The van der Waals surface area contributed by atoms with Crippen molar-refractivity contribution in [2.75, 3.05) is 24.7 Å². The molecule has 5 rings (SSSR count). The Balaban J connectivity index is 1.41. The quantitative estimate of drug-likeness (QED) is 0.468. The number of rotatable bonds is 4. The smallest absolute Gasteiger partial charge is 0.186 e. The van der Waals surface area contributed by atoms with Gasteiger partial charge in [-0.05, 0) is 35.4 Å². The molecule has 0 amide bonds. The number of anilines is 1. The van der Waals surface area contributed by atoms with Crippen LogP contribution in [-0.4, -0.2) is 36.6 Å². The Bertz CT molecular complexity index is 1160. The molecule has 0 N–H and O–H groups in total. The standard InChI is InChI=1S/C26H27ClN2O2S/c1-26(2)14-22-24(23(30)15-26)32-25(28-22)29-10-11-31-16-19(29)13-17-6-5-7-18(12-17)20-8-3-4-9-21(20)27/h3-9,12,19H,10-11,13-16H2,1-2H3/t19-/m0/s1.